The van der Waals surface area contributed by atoms with Gasteiger partial charge in [-0.05, 0) is 43.5 Å². The Morgan fingerprint density at radius 3 is 2.24 bits per heavy atom. The first-order valence-electron chi connectivity index (χ1n) is 5.40. The Hall–Kier alpha value is -0.590. The Balaban J connectivity index is 2.89. The molecule has 0 aliphatic rings. The standard InChI is InChI=1S/C11H17BrN2O2S/c1-4-5-13-17(15,16)14-10-6-8(2)11(12)9(3)7-10/h6-7,13-14H,4-5H2,1-3H3. The zero-order chi connectivity index (χ0) is 13.1. The maximum absolute atomic E-state index is 11.6. The first-order chi connectivity index (χ1) is 7.85. The second-order valence-corrected chi connectivity index (χ2v) is 6.22. The smallest absolute Gasteiger partial charge is 0.271 e. The summed E-state index contributed by atoms with van der Waals surface area (Å²) >= 11 is 3.44. The second-order valence-electron chi connectivity index (χ2n) is 3.92. The monoisotopic (exact) mass is 320 g/mol. The Morgan fingerprint density at radius 1 is 1.24 bits per heavy atom. The van der Waals surface area contributed by atoms with Gasteiger partial charge in [-0.25, -0.2) is 0 Å². The molecule has 0 atom stereocenters. The number of rotatable bonds is 5. The Bertz CT molecular complexity index is 477. The molecule has 0 fully saturated rings. The van der Waals surface area contributed by atoms with Crippen molar-refractivity contribution in [2.75, 3.05) is 11.3 Å². The lowest BCUT2D eigenvalue weighted by molar-refractivity contribution is 0.586. The van der Waals surface area contributed by atoms with Crippen molar-refractivity contribution in [3.05, 3.63) is 27.7 Å². The summed E-state index contributed by atoms with van der Waals surface area (Å²) in [6, 6.07) is 3.59. The fraction of sp³-hybridized carbons (Fsp3) is 0.455. The number of anilines is 1. The van der Waals surface area contributed by atoms with E-state index in [0.29, 0.717) is 12.2 Å². The van der Waals surface area contributed by atoms with Crippen LogP contribution in [-0.2, 0) is 10.2 Å². The molecule has 0 saturated carbocycles. The summed E-state index contributed by atoms with van der Waals surface area (Å²) in [6.45, 7) is 6.20. The minimum absolute atomic E-state index is 0.434. The van der Waals surface area contributed by atoms with Crippen LogP contribution in [0.1, 0.15) is 24.5 Å². The molecule has 0 aliphatic carbocycles. The predicted molar refractivity (Wildman–Crippen MR) is 74.5 cm³/mol. The van der Waals surface area contributed by atoms with Crippen LogP contribution in [0.5, 0.6) is 0 Å². The first kappa shape index (κ1) is 14.5. The van der Waals surface area contributed by atoms with Crippen LogP contribution >= 0.6 is 15.9 Å². The molecule has 96 valence electrons. The molecule has 0 amide bonds. The summed E-state index contributed by atoms with van der Waals surface area (Å²) in [4.78, 5) is 0. The van der Waals surface area contributed by atoms with Crippen molar-refractivity contribution in [3.8, 4) is 0 Å². The van der Waals surface area contributed by atoms with Gasteiger partial charge < -0.3 is 0 Å². The maximum atomic E-state index is 11.6. The molecule has 0 aliphatic heterocycles. The summed E-state index contributed by atoms with van der Waals surface area (Å²) in [5.41, 5.74) is 2.57. The van der Waals surface area contributed by atoms with E-state index in [9.17, 15) is 8.42 Å². The number of hydrogen-bond acceptors (Lipinski definition) is 2. The molecule has 0 unspecified atom stereocenters. The average molecular weight is 321 g/mol. The highest BCUT2D eigenvalue weighted by atomic mass is 79.9. The van der Waals surface area contributed by atoms with Crippen LogP contribution in [0.3, 0.4) is 0 Å². The van der Waals surface area contributed by atoms with Crippen molar-refractivity contribution in [1.29, 1.82) is 0 Å². The third kappa shape index (κ3) is 4.29. The molecule has 0 heterocycles. The summed E-state index contributed by atoms with van der Waals surface area (Å²) < 4.78 is 29.2. The van der Waals surface area contributed by atoms with E-state index < -0.39 is 10.2 Å². The van der Waals surface area contributed by atoms with Gasteiger partial charge in [-0.2, -0.15) is 13.1 Å². The lowest BCUT2D eigenvalue weighted by Crippen LogP contribution is -2.30. The number of benzene rings is 1. The van der Waals surface area contributed by atoms with E-state index in [0.717, 1.165) is 22.0 Å². The van der Waals surface area contributed by atoms with Crippen LogP contribution in [0.4, 0.5) is 5.69 Å². The molecular formula is C11H17BrN2O2S. The highest BCUT2D eigenvalue weighted by Crippen LogP contribution is 2.25. The summed E-state index contributed by atoms with van der Waals surface area (Å²) in [5, 5.41) is 0. The summed E-state index contributed by atoms with van der Waals surface area (Å²) in [7, 11) is -3.46. The summed E-state index contributed by atoms with van der Waals surface area (Å²) in [5.74, 6) is 0. The molecule has 2 N–H and O–H groups in total. The van der Waals surface area contributed by atoms with Gasteiger partial charge >= 0.3 is 0 Å². The van der Waals surface area contributed by atoms with Gasteiger partial charge in [0.05, 0.1) is 5.69 Å². The van der Waals surface area contributed by atoms with Gasteiger partial charge in [0.15, 0.2) is 0 Å². The van der Waals surface area contributed by atoms with Gasteiger partial charge in [-0.3, -0.25) is 4.72 Å². The number of aryl methyl sites for hydroxylation is 2. The fourth-order valence-electron chi connectivity index (χ4n) is 1.43. The van der Waals surface area contributed by atoms with Crippen LogP contribution in [0.25, 0.3) is 0 Å². The van der Waals surface area contributed by atoms with E-state index >= 15 is 0 Å². The van der Waals surface area contributed by atoms with Crippen LogP contribution in [0.15, 0.2) is 16.6 Å². The zero-order valence-electron chi connectivity index (χ0n) is 10.2. The van der Waals surface area contributed by atoms with E-state index in [-0.39, 0.29) is 0 Å². The average Bonchev–Trinajstić information content (AvgIpc) is 2.22. The van der Waals surface area contributed by atoms with Crippen molar-refractivity contribution in [1.82, 2.24) is 4.72 Å². The zero-order valence-corrected chi connectivity index (χ0v) is 12.6. The fourth-order valence-corrected chi connectivity index (χ4v) is 2.63. The quantitative estimate of drug-likeness (QED) is 0.876. The van der Waals surface area contributed by atoms with Crippen molar-refractivity contribution in [2.24, 2.45) is 0 Å². The van der Waals surface area contributed by atoms with Crippen LogP contribution in [0, 0.1) is 13.8 Å². The number of halogens is 1. The largest absolute Gasteiger partial charge is 0.299 e. The van der Waals surface area contributed by atoms with Gasteiger partial charge in [0.1, 0.15) is 0 Å². The molecule has 0 bridgehead atoms. The van der Waals surface area contributed by atoms with Crippen LogP contribution < -0.4 is 9.44 Å². The van der Waals surface area contributed by atoms with Crippen LogP contribution in [-0.4, -0.2) is 15.0 Å². The van der Waals surface area contributed by atoms with E-state index in [1.54, 1.807) is 12.1 Å². The molecule has 1 rings (SSSR count). The molecular weight excluding hydrogens is 304 g/mol. The van der Waals surface area contributed by atoms with Gasteiger partial charge in [0.25, 0.3) is 10.2 Å². The first-order valence-corrected chi connectivity index (χ1v) is 7.67. The Kier molecular flexibility index (Phi) is 4.97. The molecule has 1 aromatic rings. The lowest BCUT2D eigenvalue weighted by Gasteiger charge is -2.11. The number of nitrogens with one attached hydrogen (secondary N) is 2. The third-order valence-corrected chi connectivity index (χ3v) is 4.57. The number of hydrogen-bond donors (Lipinski definition) is 2. The van der Waals surface area contributed by atoms with E-state index in [2.05, 4.69) is 25.4 Å². The van der Waals surface area contributed by atoms with Crippen molar-refractivity contribution < 1.29 is 8.42 Å². The third-order valence-electron chi connectivity index (χ3n) is 2.23. The predicted octanol–water partition coefficient (Wildman–Crippen LogP) is 2.72. The van der Waals surface area contributed by atoms with Crippen LogP contribution in [0.2, 0.25) is 0 Å². The van der Waals surface area contributed by atoms with E-state index in [1.807, 2.05) is 20.8 Å². The maximum Gasteiger partial charge on any atom is 0.299 e. The Labute approximate surface area is 111 Å². The molecule has 0 aromatic heterocycles. The van der Waals surface area contributed by atoms with E-state index in [1.165, 1.54) is 0 Å². The molecule has 0 saturated heterocycles. The highest BCUT2D eigenvalue weighted by Gasteiger charge is 2.10. The van der Waals surface area contributed by atoms with Gasteiger partial charge in [-0.15, -0.1) is 0 Å². The summed E-state index contributed by atoms with van der Waals surface area (Å²) in [6.07, 6.45) is 0.763. The van der Waals surface area contributed by atoms with Gasteiger partial charge in [0.2, 0.25) is 0 Å². The molecule has 6 heteroatoms. The molecule has 0 spiro atoms. The van der Waals surface area contributed by atoms with E-state index in [4.69, 9.17) is 0 Å². The molecule has 1 aromatic carbocycles. The molecule has 0 radical (unpaired) electrons. The minimum atomic E-state index is -3.46. The topological polar surface area (TPSA) is 58.2 Å². The Morgan fingerprint density at radius 2 is 1.76 bits per heavy atom. The SMILES string of the molecule is CCCNS(=O)(=O)Nc1cc(C)c(Br)c(C)c1. The van der Waals surface area contributed by atoms with Crippen molar-refractivity contribution in [2.45, 2.75) is 27.2 Å². The minimum Gasteiger partial charge on any atom is -0.271 e. The van der Waals surface area contributed by atoms with Gasteiger partial charge in [0, 0.05) is 11.0 Å². The van der Waals surface area contributed by atoms with Crippen molar-refractivity contribution in [3.63, 3.8) is 0 Å². The van der Waals surface area contributed by atoms with Gasteiger partial charge in [-0.1, -0.05) is 22.9 Å². The molecule has 4 nitrogen and oxygen atoms in total. The molecule has 17 heavy (non-hydrogen) atoms. The second kappa shape index (κ2) is 5.84. The van der Waals surface area contributed by atoms with Crippen molar-refractivity contribution >= 4 is 31.8 Å². The lowest BCUT2D eigenvalue weighted by atomic mass is 10.1. The normalized spacial score (nSPS) is 11.5. The highest BCUT2D eigenvalue weighted by molar-refractivity contribution is 9.10.